The number of ether oxygens (including phenoxy) is 2. The Morgan fingerprint density at radius 1 is 1.07 bits per heavy atom. The molecule has 0 aliphatic rings. The second-order valence-corrected chi connectivity index (χ2v) is 8.02. The highest BCUT2D eigenvalue weighted by Gasteiger charge is 2.28. The van der Waals surface area contributed by atoms with Gasteiger partial charge in [-0.25, -0.2) is 4.79 Å². The minimum absolute atomic E-state index is 0.235. The molecule has 0 fully saturated rings. The fourth-order valence-electron chi connectivity index (χ4n) is 2.49. The van der Waals surface area contributed by atoms with Gasteiger partial charge in [-0.2, -0.15) is 0 Å². The number of hydrogen-bond acceptors (Lipinski definition) is 4. The van der Waals surface area contributed by atoms with Gasteiger partial charge in [0.1, 0.15) is 12.4 Å². The van der Waals surface area contributed by atoms with Crippen molar-refractivity contribution >= 4 is 11.9 Å². The summed E-state index contributed by atoms with van der Waals surface area (Å²) >= 11 is 0. The molecule has 0 aliphatic heterocycles. The van der Waals surface area contributed by atoms with E-state index in [9.17, 15) is 9.59 Å². The van der Waals surface area contributed by atoms with Crippen LogP contribution in [0.2, 0.25) is 0 Å². The first kappa shape index (κ1) is 25.2. The molecule has 27 heavy (non-hydrogen) atoms. The van der Waals surface area contributed by atoms with Crippen molar-refractivity contribution in [3.63, 3.8) is 0 Å². The lowest BCUT2D eigenvalue weighted by Gasteiger charge is -2.26. The van der Waals surface area contributed by atoms with Crippen molar-refractivity contribution in [1.29, 1.82) is 0 Å². The molecule has 4 nitrogen and oxygen atoms in total. The zero-order valence-corrected chi connectivity index (χ0v) is 18.3. The number of allylic oxidation sites excluding steroid dienone is 4. The molecule has 0 aromatic heterocycles. The number of ketones is 1. The van der Waals surface area contributed by atoms with Crippen molar-refractivity contribution < 1.29 is 19.1 Å². The van der Waals surface area contributed by atoms with E-state index in [4.69, 9.17) is 4.74 Å². The Bertz CT molecular complexity index is 569. The van der Waals surface area contributed by atoms with E-state index >= 15 is 0 Å². The highest BCUT2D eigenvalue weighted by molar-refractivity contribution is 5.82. The third-order valence-corrected chi connectivity index (χ3v) is 5.18. The van der Waals surface area contributed by atoms with Gasteiger partial charge in [0, 0.05) is 5.41 Å². The SMILES string of the molecule is C=C(CCC(C)(C/C=C(\C)CC/C=C(\C)COC(=O)OC)C(C)=O)C(C)C. The number of hydrogen-bond donors (Lipinski definition) is 0. The highest BCUT2D eigenvalue weighted by Crippen LogP contribution is 2.32. The van der Waals surface area contributed by atoms with Gasteiger partial charge in [-0.15, -0.1) is 0 Å². The molecule has 0 radical (unpaired) electrons. The Kier molecular flexibility index (Phi) is 11.7. The van der Waals surface area contributed by atoms with Crippen molar-refractivity contribution in [3.8, 4) is 0 Å². The average Bonchev–Trinajstić information content (AvgIpc) is 2.61. The van der Waals surface area contributed by atoms with Crippen LogP contribution in [0.15, 0.2) is 35.5 Å². The summed E-state index contributed by atoms with van der Waals surface area (Å²) in [6, 6.07) is 0. The zero-order chi connectivity index (χ0) is 21.0. The van der Waals surface area contributed by atoms with E-state index in [0.29, 0.717) is 5.92 Å². The molecule has 0 bridgehead atoms. The number of carbonyl (C=O) groups excluding carboxylic acids is 2. The number of carbonyl (C=O) groups is 2. The predicted molar refractivity (Wildman–Crippen MR) is 112 cm³/mol. The Morgan fingerprint density at radius 3 is 2.22 bits per heavy atom. The van der Waals surface area contributed by atoms with Gasteiger partial charge in [0.25, 0.3) is 0 Å². The highest BCUT2D eigenvalue weighted by atomic mass is 16.7. The lowest BCUT2D eigenvalue weighted by molar-refractivity contribution is -0.125. The second kappa shape index (κ2) is 12.5. The molecule has 0 heterocycles. The van der Waals surface area contributed by atoms with Crippen LogP contribution in [0.5, 0.6) is 0 Å². The van der Waals surface area contributed by atoms with Gasteiger partial charge in [0.15, 0.2) is 0 Å². The smallest absolute Gasteiger partial charge is 0.438 e. The topological polar surface area (TPSA) is 52.6 Å². The summed E-state index contributed by atoms with van der Waals surface area (Å²) in [6.45, 7) is 16.4. The molecular weight excluding hydrogens is 340 g/mol. The summed E-state index contributed by atoms with van der Waals surface area (Å²) in [7, 11) is 1.29. The average molecular weight is 379 g/mol. The Balaban J connectivity index is 4.58. The first-order valence-corrected chi connectivity index (χ1v) is 9.72. The molecule has 0 N–H and O–H groups in total. The maximum Gasteiger partial charge on any atom is 0.508 e. The van der Waals surface area contributed by atoms with E-state index in [-0.39, 0.29) is 17.8 Å². The Labute approximate surface area is 165 Å². The van der Waals surface area contributed by atoms with Gasteiger partial charge >= 0.3 is 6.16 Å². The van der Waals surface area contributed by atoms with Gasteiger partial charge in [0.2, 0.25) is 0 Å². The van der Waals surface area contributed by atoms with Crippen molar-refractivity contribution in [2.75, 3.05) is 13.7 Å². The summed E-state index contributed by atoms with van der Waals surface area (Å²) in [5.41, 5.74) is 3.13. The summed E-state index contributed by atoms with van der Waals surface area (Å²) in [5, 5.41) is 0. The largest absolute Gasteiger partial charge is 0.508 e. The monoisotopic (exact) mass is 378 g/mol. The molecule has 0 rings (SSSR count). The van der Waals surface area contributed by atoms with Crippen LogP contribution in [-0.4, -0.2) is 25.7 Å². The molecule has 1 atom stereocenters. The first-order chi connectivity index (χ1) is 12.5. The van der Waals surface area contributed by atoms with E-state index in [1.165, 1.54) is 18.3 Å². The summed E-state index contributed by atoms with van der Waals surface area (Å²) in [5.74, 6) is 0.690. The van der Waals surface area contributed by atoms with Gasteiger partial charge in [-0.1, -0.05) is 50.6 Å². The molecule has 0 saturated heterocycles. The van der Waals surface area contributed by atoms with Crippen LogP contribution in [0.25, 0.3) is 0 Å². The fourth-order valence-corrected chi connectivity index (χ4v) is 2.49. The predicted octanol–water partition coefficient (Wildman–Crippen LogP) is 6.42. The van der Waals surface area contributed by atoms with Crippen LogP contribution in [0, 0.1) is 11.3 Å². The van der Waals surface area contributed by atoms with E-state index in [1.807, 2.05) is 6.92 Å². The van der Waals surface area contributed by atoms with Crippen LogP contribution in [-0.2, 0) is 14.3 Å². The van der Waals surface area contributed by atoms with Crippen LogP contribution in [0.4, 0.5) is 4.79 Å². The summed E-state index contributed by atoms with van der Waals surface area (Å²) in [6.07, 6.45) is 7.87. The second-order valence-electron chi connectivity index (χ2n) is 8.02. The van der Waals surface area contributed by atoms with Gasteiger partial charge in [-0.3, -0.25) is 4.79 Å². The van der Waals surface area contributed by atoms with Crippen molar-refractivity contribution in [2.24, 2.45) is 11.3 Å². The van der Waals surface area contributed by atoms with Crippen LogP contribution >= 0.6 is 0 Å². The van der Waals surface area contributed by atoms with Crippen molar-refractivity contribution in [3.05, 3.63) is 35.5 Å². The van der Waals surface area contributed by atoms with Gasteiger partial charge < -0.3 is 9.47 Å². The molecule has 0 saturated carbocycles. The van der Waals surface area contributed by atoms with Crippen LogP contribution in [0.1, 0.15) is 73.6 Å². The molecule has 4 heteroatoms. The number of methoxy groups -OCH3 is 1. The molecule has 0 aromatic rings. The number of Topliss-reactive ketones (excluding diaryl/α,β-unsaturated/α-hetero) is 1. The van der Waals surface area contributed by atoms with Gasteiger partial charge in [-0.05, 0) is 64.4 Å². The Morgan fingerprint density at radius 2 is 1.70 bits per heavy atom. The van der Waals surface area contributed by atoms with Gasteiger partial charge in [0.05, 0.1) is 7.11 Å². The third-order valence-electron chi connectivity index (χ3n) is 5.18. The molecule has 1 unspecified atom stereocenters. The molecule has 0 amide bonds. The van der Waals surface area contributed by atoms with E-state index in [2.05, 4.69) is 51.2 Å². The minimum atomic E-state index is -0.664. The molecule has 0 aromatic carbocycles. The van der Waals surface area contributed by atoms with E-state index in [0.717, 1.165) is 37.7 Å². The minimum Gasteiger partial charge on any atom is -0.438 e. The maximum absolute atomic E-state index is 12.2. The molecule has 154 valence electrons. The van der Waals surface area contributed by atoms with E-state index in [1.54, 1.807) is 6.92 Å². The number of rotatable bonds is 12. The normalized spacial score (nSPS) is 14.7. The fraction of sp³-hybridized carbons (Fsp3) is 0.652. The van der Waals surface area contributed by atoms with Crippen LogP contribution < -0.4 is 0 Å². The quantitative estimate of drug-likeness (QED) is 0.290. The summed E-state index contributed by atoms with van der Waals surface area (Å²) in [4.78, 5) is 23.1. The third kappa shape index (κ3) is 10.8. The molecular formula is C23H38O4. The standard InChI is InChI=1S/C23H38O4/c1-17(2)20(5)13-15-23(7,21(6)24)14-12-18(3)10-9-11-19(4)16-27-22(25)26-8/h11-12,17H,5,9-10,13-16H2,1-4,6-8H3/b18-12+,19-11+. The first-order valence-electron chi connectivity index (χ1n) is 9.72. The molecule has 0 spiro atoms. The molecule has 0 aliphatic carbocycles. The lowest BCUT2D eigenvalue weighted by Crippen LogP contribution is -2.25. The zero-order valence-electron chi connectivity index (χ0n) is 18.3. The van der Waals surface area contributed by atoms with E-state index < -0.39 is 6.16 Å². The van der Waals surface area contributed by atoms with Crippen LogP contribution in [0.3, 0.4) is 0 Å². The van der Waals surface area contributed by atoms with Crippen molar-refractivity contribution in [1.82, 2.24) is 0 Å². The Hall–Kier alpha value is -1.84. The summed E-state index contributed by atoms with van der Waals surface area (Å²) < 4.78 is 9.35. The van der Waals surface area contributed by atoms with Crippen molar-refractivity contribution in [2.45, 2.75) is 73.6 Å². The lowest BCUT2D eigenvalue weighted by atomic mass is 9.76. The maximum atomic E-state index is 12.2.